The Morgan fingerprint density at radius 1 is 1.33 bits per heavy atom. The fraction of sp³-hybridized carbons (Fsp3) is 0.333. The number of rotatable bonds is 4. The van der Waals surface area contributed by atoms with Crippen LogP contribution in [0.4, 0.5) is 11.4 Å². The lowest BCUT2D eigenvalue weighted by atomic mass is 9.87. The van der Waals surface area contributed by atoms with Crippen LogP contribution in [0.25, 0.3) is 0 Å². The van der Waals surface area contributed by atoms with E-state index in [1.54, 1.807) is 23.0 Å². The lowest BCUT2D eigenvalue weighted by molar-refractivity contribution is -0.116. The van der Waals surface area contributed by atoms with E-state index in [1.807, 2.05) is 19.2 Å². The Hall–Kier alpha value is -2.39. The summed E-state index contributed by atoms with van der Waals surface area (Å²) in [6, 6.07) is 7.05. The van der Waals surface area contributed by atoms with Crippen molar-refractivity contribution in [1.82, 2.24) is 14.1 Å². The number of carbonyl (C=O) groups is 1. The maximum absolute atomic E-state index is 12.1. The van der Waals surface area contributed by atoms with E-state index in [-0.39, 0.29) is 11.8 Å². The highest BCUT2D eigenvalue weighted by molar-refractivity contribution is 7.90. The zero-order valence-electron chi connectivity index (χ0n) is 13.6. The van der Waals surface area contributed by atoms with Gasteiger partial charge >= 0.3 is 10.2 Å². The third-order valence-electron chi connectivity index (χ3n) is 4.04. The van der Waals surface area contributed by atoms with Crippen LogP contribution in [0, 0.1) is 0 Å². The van der Waals surface area contributed by atoms with Crippen molar-refractivity contribution in [2.75, 3.05) is 24.1 Å². The highest BCUT2D eigenvalue weighted by atomic mass is 32.2. The minimum atomic E-state index is -3.60. The zero-order chi connectivity index (χ0) is 17.5. The lowest BCUT2D eigenvalue weighted by Gasteiger charge is -2.26. The van der Waals surface area contributed by atoms with Crippen LogP contribution < -0.4 is 10.0 Å². The van der Waals surface area contributed by atoms with E-state index < -0.39 is 10.2 Å². The van der Waals surface area contributed by atoms with Crippen molar-refractivity contribution in [2.24, 2.45) is 7.05 Å². The van der Waals surface area contributed by atoms with Crippen molar-refractivity contribution in [1.29, 1.82) is 0 Å². The van der Waals surface area contributed by atoms with E-state index in [9.17, 15) is 13.2 Å². The van der Waals surface area contributed by atoms with Crippen molar-refractivity contribution in [2.45, 2.75) is 12.3 Å². The van der Waals surface area contributed by atoms with Gasteiger partial charge in [-0.15, -0.1) is 0 Å². The predicted octanol–water partition coefficient (Wildman–Crippen LogP) is 1.11. The Balaban J connectivity index is 1.99. The van der Waals surface area contributed by atoms with Crippen molar-refractivity contribution in [3.63, 3.8) is 0 Å². The average Bonchev–Trinajstić information content (AvgIpc) is 2.91. The van der Waals surface area contributed by atoms with Gasteiger partial charge in [-0.3, -0.25) is 14.2 Å². The van der Waals surface area contributed by atoms with Gasteiger partial charge in [-0.1, -0.05) is 6.07 Å². The Kier molecular flexibility index (Phi) is 4.06. The molecule has 2 N–H and O–H groups in total. The molecule has 0 aliphatic carbocycles. The fourth-order valence-electron chi connectivity index (χ4n) is 2.76. The molecule has 0 spiro atoms. The van der Waals surface area contributed by atoms with Crippen molar-refractivity contribution < 1.29 is 13.2 Å². The second-order valence-corrected chi connectivity index (χ2v) is 7.76. The molecule has 1 aromatic carbocycles. The number of nitrogens with one attached hydrogen (secondary N) is 2. The van der Waals surface area contributed by atoms with Gasteiger partial charge in [0, 0.05) is 51.1 Å². The van der Waals surface area contributed by atoms with E-state index in [0.717, 1.165) is 15.6 Å². The number of benzene rings is 1. The maximum Gasteiger partial charge on any atom is 0.301 e. The summed E-state index contributed by atoms with van der Waals surface area (Å²) in [5.74, 6) is -0.220. The average molecular weight is 349 g/mol. The number of anilines is 2. The van der Waals surface area contributed by atoms with Crippen LogP contribution >= 0.6 is 0 Å². The molecule has 1 aromatic heterocycles. The maximum atomic E-state index is 12.1. The van der Waals surface area contributed by atoms with Gasteiger partial charge in [0.15, 0.2) is 0 Å². The van der Waals surface area contributed by atoms with Crippen LogP contribution in [0.1, 0.15) is 23.6 Å². The number of carbonyl (C=O) groups excluding carboxylic acids is 1. The SMILES string of the molecule is CN(C)S(=O)(=O)Nc1ccc2c(c1)NC(=O)CC2c1ccnn1C. The Morgan fingerprint density at radius 3 is 2.71 bits per heavy atom. The van der Waals surface area contributed by atoms with E-state index >= 15 is 0 Å². The van der Waals surface area contributed by atoms with Gasteiger partial charge in [-0.05, 0) is 23.8 Å². The van der Waals surface area contributed by atoms with E-state index in [0.29, 0.717) is 17.8 Å². The second kappa shape index (κ2) is 5.91. The highest BCUT2D eigenvalue weighted by Crippen LogP contribution is 2.38. The first kappa shape index (κ1) is 16.5. The highest BCUT2D eigenvalue weighted by Gasteiger charge is 2.28. The first-order chi connectivity index (χ1) is 11.3. The number of nitrogens with zero attached hydrogens (tertiary/aromatic N) is 3. The summed E-state index contributed by atoms with van der Waals surface area (Å²) in [7, 11) is 1.13. The number of amides is 1. The van der Waals surface area contributed by atoms with Crippen molar-refractivity contribution in [3.05, 3.63) is 41.7 Å². The van der Waals surface area contributed by atoms with Gasteiger partial charge < -0.3 is 5.32 Å². The summed E-state index contributed by atoms with van der Waals surface area (Å²) in [4.78, 5) is 12.1. The minimum absolute atomic E-state index is 0.110. The van der Waals surface area contributed by atoms with Crippen LogP contribution in [0.5, 0.6) is 0 Å². The molecule has 0 bridgehead atoms. The first-order valence-electron chi connectivity index (χ1n) is 7.40. The molecule has 8 nitrogen and oxygen atoms in total. The third-order valence-corrected chi connectivity index (χ3v) is 5.49. The smallest absolute Gasteiger partial charge is 0.301 e. The van der Waals surface area contributed by atoms with Gasteiger partial charge in [-0.2, -0.15) is 17.8 Å². The standard InChI is InChI=1S/C15H19N5O3S/c1-19(2)24(22,23)18-10-4-5-11-12(14-6-7-16-20(14)3)9-15(21)17-13(11)8-10/h4-8,12,18H,9H2,1-3H3,(H,17,21). The molecule has 0 saturated carbocycles. The Bertz CT molecular complexity index is 888. The lowest BCUT2D eigenvalue weighted by Crippen LogP contribution is -2.29. The summed E-state index contributed by atoms with van der Waals surface area (Å²) in [5.41, 5.74) is 2.88. The summed E-state index contributed by atoms with van der Waals surface area (Å²) >= 11 is 0. The monoisotopic (exact) mass is 349 g/mol. The number of aryl methyl sites for hydroxylation is 1. The molecule has 0 saturated heterocycles. The molecule has 0 radical (unpaired) electrons. The number of aromatic nitrogens is 2. The molecular weight excluding hydrogens is 330 g/mol. The van der Waals surface area contributed by atoms with Crippen LogP contribution in [-0.4, -0.2) is 42.5 Å². The molecular formula is C15H19N5O3S. The normalized spacial score (nSPS) is 17.5. The molecule has 2 aromatic rings. The van der Waals surface area contributed by atoms with E-state index in [1.165, 1.54) is 14.1 Å². The van der Waals surface area contributed by atoms with E-state index in [2.05, 4.69) is 15.1 Å². The first-order valence-corrected chi connectivity index (χ1v) is 8.84. The molecule has 24 heavy (non-hydrogen) atoms. The molecule has 1 unspecified atom stereocenters. The van der Waals surface area contributed by atoms with Crippen LogP contribution in [0.3, 0.4) is 0 Å². The molecule has 9 heteroatoms. The van der Waals surface area contributed by atoms with Crippen LogP contribution in [0.15, 0.2) is 30.5 Å². The second-order valence-electron chi connectivity index (χ2n) is 5.88. The molecule has 2 heterocycles. The predicted molar refractivity (Wildman–Crippen MR) is 91.0 cm³/mol. The number of hydrogen-bond acceptors (Lipinski definition) is 4. The topological polar surface area (TPSA) is 96.3 Å². The quantitative estimate of drug-likeness (QED) is 0.864. The summed E-state index contributed by atoms with van der Waals surface area (Å²) in [6.45, 7) is 0. The fourth-order valence-corrected chi connectivity index (χ4v) is 3.37. The molecule has 1 aliphatic heterocycles. The Morgan fingerprint density at radius 2 is 2.08 bits per heavy atom. The van der Waals surface area contributed by atoms with Gasteiger partial charge in [0.05, 0.1) is 5.69 Å². The molecule has 128 valence electrons. The largest absolute Gasteiger partial charge is 0.326 e. The Labute approximate surface area is 140 Å². The number of hydrogen-bond donors (Lipinski definition) is 2. The molecule has 1 aliphatic rings. The summed E-state index contributed by atoms with van der Waals surface area (Å²) in [6.07, 6.45) is 2.02. The summed E-state index contributed by atoms with van der Waals surface area (Å²) in [5, 5.41) is 6.97. The molecule has 3 rings (SSSR count). The van der Waals surface area contributed by atoms with Gasteiger partial charge in [0.2, 0.25) is 5.91 Å². The van der Waals surface area contributed by atoms with E-state index in [4.69, 9.17) is 0 Å². The molecule has 1 amide bonds. The van der Waals surface area contributed by atoms with Crippen LogP contribution in [-0.2, 0) is 22.1 Å². The zero-order valence-corrected chi connectivity index (χ0v) is 14.5. The van der Waals surface area contributed by atoms with Gasteiger partial charge in [0.1, 0.15) is 0 Å². The van der Waals surface area contributed by atoms with Gasteiger partial charge in [-0.25, -0.2) is 0 Å². The third kappa shape index (κ3) is 3.00. The number of fused-ring (bicyclic) bond motifs is 1. The molecule has 0 fully saturated rings. The minimum Gasteiger partial charge on any atom is -0.326 e. The molecule has 1 atom stereocenters. The van der Waals surface area contributed by atoms with Crippen molar-refractivity contribution >= 4 is 27.5 Å². The summed E-state index contributed by atoms with van der Waals surface area (Å²) < 4.78 is 29.2. The van der Waals surface area contributed by atoms with Gasteiger partial charge in [0.25, 0.3) is 0 Å². The van der Waals surface area contributed by atoms with Crippen molar-refractivity contribution in [3.8, 4) is 0 Å². The van der Waals surface area contributed by atoms with Crippen LogP contribution in [0.2, 0.25) is 0 Å².